The molecule has 0 saturated heterocycles. The van der Waals surface area contributed by atoms with Gasteiger partial charge in [0, 0.05) is 24.0 Å². The number of carbonyl (C=O) groups is 3. The van der Waals surface area contributed by atoms with Crippen LogP contribution >= 0.6 is 0 Å². The van der Waals surface area contributed by atoms with Crippen molar-refractivity contribution in [2.24, 2.45) is 5.41 Å². The van der Waals surface area contributed by atoms with Crippen LogP contribution in [-0.4, -0.2) is 24.3 Å². The molecule has 0 aliphatic heterocycles. The predicted octanol–water partition coefficient (Wildman–Crippen LogP) is 3.65. The van der Waals surface area contributed by atoms with Gasteiger partial charge in [-0.3, -0.25) is 14.4 Å². The van der Waals surface area contributed by atoms with Gasteiger partial charge in [0.05, 0.1) is 6.61 Å². The molecule has 7 heteroatoms. The zero-order valence-corrected chi connectivity index (χ0v) is 16.5. The molecule has 0 spiro atoms. The molecule has 0 aromatic heterocycles. The van der Waals surface area contributed by atoms with Crippen LogP contribution < -0.4 is 20.7 Å². The Morgan fingerprint density at radius 1 is 0.857 bits per heavy atom. The maximum absolute atomic E-state index is 12.7. The molecule has 2 aromatic rings. The third kappa shape index (κ3) is 5.57. The van der Waals surface area contributed by atoms with Crippen molar-refractivity contribution in [3.63, 3.8) is 0 Å². The number of benzene rings is 2. The second-order valence-corrected chi connectivity index (χ2v) is 6.75. The second kappa shape index (κ2) is 9.03. The first-order chi connectivity index (χ1) is 13.2. The van der Waals surface area contributed by atoms with E-state index in [0.717, 1.165) is 0 Å². The fourth-order valence-electron chi connectivity index (χ4n) is 2.36. The Labute approximate surface area is 164 Å². The van der Waals surface area contributed by atoms with E-state index in [4.69, 9.17) is 4.74 Å². The molecule has 7 nitrogen and oxygen atoms in total. The standard InChI is InChI=1S/C21H25N3O4/c1-5-28-18-11-9-15(10-12-18)23-19(26)21(3,4)20(27)24-17-8-6-7-16(13-17)22-14(2)25/h6-13H,5H2,1-4H3,(H,22,25)(H,23,26)(H,24,27). The van der Waals surface area contributed by atoms with Gasteiger partial charge >= 0.3 is 0 Å². The Kier molecular flexibility index (Phi) is 6.76. The zero-order valence-electron chi connectivity index (χ0n) is 16.5. The van der Waals surface area contributed by atoms with Gasteiger partial charge in [0.25, 0.3) is 0 Å². The van der Waals surface area contributed by atoms with Gasteiger partial charge in [-0.05, 0) is 63.2 Å². The van der Waals surface area contributed by atoms with E-state index >= 15 is 0 Å². The molecule has 0 fully saturated rings. The molecule has 0 heterocycles. The van der Waals surface area contributed by atoms with Gasteiger partial charge in [0.2, 0.25) is 17.7 Å². The normalized spacial score (nSPS) is 10.7. The summed E-state index contributed by atoms with van der Waals surface area (Å²) in [4.78, 5) is 36.5. The Bertz CT molecular complexity index is 860. The van der Waals surface area contributed by atoms with E-state index < -0.39 is 17.2 Å². The van der Waals surface area contributed by atoms with E-state index in [-0.39, 0.29) is 5.91 Å². The second-order valence-electron chi connectivity index (χ2n) is 6.75. The summed E-state index contributed by atoms with van der Waals surface area (Å²) in [7, 11) is 0. The quantitative estimate of drug-likeness (QED) is 0.636. The average molecular weight is 383 g/mol. The third-order valence-electron chi connectivity index (χ3n) is 4.00. The molecule has 0 bridgehead atoms. The number of ether oxygens (including phenoxy) is 1. The van der Waals surface area contributed by atoms with Gasteiger partial charge in [0.1, 0.15) is 11.2 Å². The molecule has 0 radical (unpaired) electrons. The highest BCUT2D eigenvalue weighted by Gasteiger charge is 2.36. The highest BCUT2D eigenvalue weighted by atomic mass is 16.5. The van der Waals surface area contributed by atoms with Crippen LogP contribution in [0, 0.1) is 5.41 Å². The van der Waals surface area contributed by atoms with Crippen LogP contribution in [0.2, 0.25) is 0 Å². The van der Waals surface area contributed by atoms with Gasteiger partial charge in [-0.25, -0.2) is 0 Å². The van der Waals surface area contributed by atoms with Crippen molar-refractivity contribution in [2.75, 3.05) is 22.6 Å². The van der Waals surface area contributed by atoms with Crippen molar-refractivity contribution in [1.29, 1.82) is 0 Å². The Morgan fingerprint density at radius 3 is 1.93 bits per heavy atom. The highest BCUT2D eigenvalue weighted by molar-refractivity contribution is 6.14. The first-order valence-corrected chi connectivity index (χ1v) is 8.96. The van der Waals surface area contributed by atoms with E-state index in [9.17, 15) is 14.4 Å². The summed E-state index contributed by atoms with van der Waals surface area (Å²) in [5.74, 6) is -0.404. The van der Waals surface area contributed by atoms with Crippen LogP contribution in [0.1, 0.15) is 27.7 Å². The summed E-state index contributed by atoms with van der Waals surface area (Å²) in [6.45, 7) is 6.94. The van der Waals surface area contributed by atoms with Crippen molar-refractivity contribution >= 4 is 34.8 Å². The molecule has 2 aromatic carbocycles. The molecule has 148 valence electrons. The maximum atomic E-state index is 12.7. The molecule has 0 unspecified atom stereocenters. The van der Waals surface area contributed by atoms with Crippen molar-refractivity contribution in [1.82, 2.24) is 0 Å². The van der Waals surface area contributed by atoms with E-state index in [1.54, 1.807) is 62.4 Å². The Morgan fingerprint density at radius 2 is 1.39 bits per heavy atom. The van der Waals surface area contributed by atoms with E-state index in [0.29, 0.717) is 29.4 Å². The number of carbonyl (C=O) groups excluding carboxylic acids is 3. The molecule has 28 heavy (non-hydrogen) atoms. The maximum Gasteiger partial charge on any atom is 0.239 e. The molecular weight excluding hydrogens is 358 g/mol. The summed E-state index contributed by atoms with van der Waals surface area (Å²) >= 11 is 0. The van der Waals surface area contributed by atoms with Crippen molar-refractivity contribution in [3.8, 4) is 5.75 Å². The fraction of sp³-hybridized carbons (Fsp3) is 0.286. The molecule has 0 saturated carbocycles. The molecule has 3 N–H and O–H groups in total. The molecular formula is C21H25N3O4. The summed E-state index contributed by atoms with van der Waals surface area (Å²) in [6.07, 6.45) is 0. The lowest BCUT2D eigenvalue weighted by molar-refractivity contribution is -0.135. The summed E-state index contributed by atoms with van der Waals surface area (Å²) in [5, 5.41) is 8.11. The van der Waals surface area contributed by atoms with E-state index in [2.05, 4.69) is 16.0 Å². The average Bonchev–Trinajstić information content (AvgIpc) is 2.63. The summed E-state index contributed by atoms with van der Waals surface area (Å²) in [6, 6.07) is 13.7. The lowest BCUT2D eigenvalue weighted by Crippen LogP contribution is -2.41. The predicted molar refractivity (Wildman–Crippen MR) is 109 cm³/mol. The third-order valence-corrected chi connectivity index (χ3v) is 4.00. The SMILES string of the molecule is CCOc1ccc(NC(=O)C(C)(C)C(=O)Nc2cccc(NC(C)=O)c2)cc1. The Hall–Kier alpha value is -3.35. The van der Waals surface area contributed by atoms with Gasteiger partial charge in [-0.1, -0.05) is 6.07 Å². The van der Waals surface area contributed by atoms with Crippen molar-refractivity contribution in [3.05, 3.63) is 48.5 Å². The summed E-state index contributed by atoms with van der Waals surface area (Å²) in [5.41, 5.74) is 0.296. The number of hydrogen-bond acceptors (Lipinski definition) is 4. The number of hydrogen-bond donors (Lipinski definition) is 3. The lowest BCUT2D eigenvalue weighted by Gasteiger charge is -2.23. The van der Waals surface area contributed by atoms with Gasteiger partial charge < -0.3 is 20.7 Å². The molecule has 2 rings (SSSR count). The number of anilines is 3. The van der Waals surface area contributed by atoms with Crippen LogP contribution in [-0.2, 0) is 14.4 Å². The minimum atomic E-state index is -1.32. The Balaban J connectivity index is 2.04. The number of nitrogens with one attached hydrogen (secondary N) is 3. The first-order valence-electron chi connectivity index (χ1n) is 8.96. The van der Waals surface area contributed by atoms with Crippen LogP contribution in [0.4, 0.5) is 17.1 Å². The monoisotopic (exact) mass is 383 g/mol. The molecule has 3 amide bonds. The lowest BCUT2D eigenvalue weighted by atomic mass is 9.90. The van der Waals surface area contributed by atoms with Crippen molar-refractivity contribution in [2.45, 2.75) is 27.7 Å². The number of rotatable bonds is 7. The van der Waals surface area contributed by atoms with Crippen LogP contribution in [0.3, 0.4) is 0 Å². The zero-order chi connectivity index (χ0) is 20.7. The van der Waals surface area contributed by atoms with Gasteiger partial charge in [-0.2, -0.15) is 0 Å². The van der Waals surface area contributed by atoms with Crippen LogP contribution in [0.5, 0.6) is 5.75 Å². The van der Waals surface area contributed by atoms with Crippen LogP contribution in [0.15, 0.2) is 48.5 Å². The molecule has 0 atom stereocenters. The molecule has 0 aliphatic carbocycles. The highest BCUT2D eigenvalue weighted by Crippen LogP contribution is 2.24. The van der Waals surface area contributed by atoms with Gasteiger partial charge in [-0.15, -0.1) is 0 Å². The summed E-state index contributed by atoms with van der Waals surface area (Å²) < 4.78 is 5.37. The van der Waals surface area contributed by atoms with E-state index in [1.807, 2.05) is 6.92 Å². The minimum absolute atomic E-state index is 0.210. The fourth-order valence-corrected chi connectivity index (χ4v) is 2.36. The van der Waals surface area contributed by atoms with Crippen LogP contribution in [0.25, 0.3) is 0 Å². The largest absolute Gasteiger partial charge is 0.494 e. The number of amides is 3. The smallest absolute Gasteiger partial charge is 0.239 e. The molecule has 0 aliphatic rings. The minimum Gasteiger partial charge on any atom is -0.494 e. The van der Waals surface area contributed by atoms with Crippen molar-refractivity contribution < 1.29 is 19.1 Å². The first kappa shape index (κ1) is 21.0. The van der Waals surface area contributed by atoms with E-state index in [1.165, 1.54) is 6.92 Å². The van der Waals surface area contributed by atoms with Gasteiger partial charge in [0.15, 0.2) is 0 Å². The topological polar surface area (TPSA) is 96.5 Å².